The molecule has 0 saturated heterocycles. The molecule has 0 bridgehead atoms. The molecule has 0 aromatic heterocycles. The molecule has 1 atom stereocenters. The molecule has 1 aliphatic rings. The highest BCUT2D eigenvalue weighted by Gasteiger charge is 2.13. The molecule has 2 nitrogen and oxygen atoms in total. The summed E-state index contributed by atoms with van der Waals surface area (Å²) in [5.74, 6) is 1.02. The number of hydrogen-bond donors (Lipinski definition) is 1. The van der Waals surface area contributed by atoms with E-state index in [9.17, 15) is 5.11 Å². The Morgan fingerprint density at radius 2 is 1.86 bits per heavy atom. The second-order valence-electron chi connectivity index (χ2n) is 5.56. The van der Waals surface area contributed by atoms with Crippen LogP contribution in [-0.2, 0) is 19.3 Å². The van der Waals surface area contributed by atoms with E-state index in [1.807, 2.05) is 12.1 Å². The standard InChI is InChI=1S/C18H19BrO2/c19-16-5-1-14(2-6-16)12-17(20)7-3-13-4-8-18-15(11-13)9-10-21-18/h1-2,4-6,8,11,17,20H,3,7,9-10,12H2. The van der Waals surface area contributed by atoms with Gasteiger partial charge in [-0.25, -0.2) is 0 Å². The molecule has 3 rings (SSSR count). The van der Waals surface area contributed by atoms with Crippen molar-refractivity contribution < 1.29 is 9.84 Å². The SMILES string of the molecule is OC(CCc1ccc2c(c1)CCO2)Cc1ccc(Br)cc1. The van der Waals surface area contributed by atoms with Crippen molar-refractivity contribution >= 4 is 15.9 Å². The highest BCUT2D eigenvalue weighted by molar-refractivity contribution is 9.10. The summed E-state index contributed by atoms with van der Waals surface area (Å²) in [6, 6.07) is 14.5. The molecular weight excluding hydrogens is 328 g/mol. The second kappa shape index (κ2) is 6.63. The van der Waals surface area contributed by atoms with E-state index >= 15 is 0 Å². The summed E-state index contributed by atoms with van der Waals surface area (Å²) in [7, 11) is 0. The van der Waals surface area contributed by atoms with Crippen LogP contribution >= 0.6 is 15.9 Å². The van der Waals surface area contributed by atoms with Gasteiger partial charge in [0.15, 0.2) is 0 Å². The third-order valence-electron chi connectivity index (χ3n) is 3.90. The average Bonchev–Trinajstić information content (AvgIpc) is 2.95. The van der Waals surface area contributed by atoms with E-state index in [-0.39, 0.29) is 6.10 Å². The van der Waals surface area contributed by atoms with Crippen LogP contribution in [0, 0.1) is 0 Å². The number of rotatable bonds is 5. The Labute approximate surface area is 133 Å². The summed E-state index contributed by atoms with van der Waals surface area (Å²) < 4.78 is 6.58. The van der Waals surface area contributed by atoms with Crippen LogP contribution < -0.4 is 4.74 Å². The number of ether oxygens (including phenoxy) is 1. The first-order valence-electron chi connectivity index (χ1n) is 7.38. The van der Waals surface area contributed by atoms with Crippen LogP contribution in [-0.4, -0.2) is 17.8 Å². The molecule has 0 fully saturated rings. The lowest BCUT2D eigenvalue weighted by Crippen LogP contribution is -2.11. The normalized spacial score (nSPS) is 14.6. The first-order chi connectivity index (χ1) is 10.2. The Morgan fingerprint density at radius 3 is 2.67 bits per heavy atom. The maximum absolute atomic E-state index is 10.2. The summed E-state index contributed by atoms with van der Waals surface area (Å²) in [4.78, 5) is 0. The molecular formula is C18H19BrO2. The number of halogens is 1. The fraction of sp³-hybridized carbons (Fsp3) is 0.333. The molecule has 2 aromatic carbocycles. The van der Waals surface area contributed by atoms with Gasteiger partial charge >= 0.3 is 0 Å². The van der Waals surface area contributed by atoms with Crippen molar-refractivity contribution in [1.82, 2.24) is 0 Å². The zero-order chi connectivity index (χ0) is 14.7. The lowest BCUT2D eigenvalue weighted by atomic mass is 10.00. The van der Waals surface area contributed by atoms with Gasteiger partial charge in [-0.15, -0.1) is 0 Å². The predicted octanol–water partition coefficient (Wildman–Crippen LogP) is 3.92. The topological polar surface area (TPSA) is 29.5 Å². The molecule has 0 amide bonds. The molecule has 0 spiro atoms. The van der Waals surface area contributed by atoms with Crippen molar-refractivity contribution in [3.8, 4) is 5.75 Å². The fourth-order valence-corrected chi connectivity index (χ4v) is 2.99. The van der Waals surface area contributed by atoms with Crippen molar-refractivity contribution in [3.05, 3.63) is 63.6 Å². The Balaban J connectivity index is 1.53. The Bertz CT molecular complexity index is 607. The Hall–Kier alpha value is -1.32. The maximum Gasteiger partial charge on any atom is 0.122 e. The third kappa shape index (κ3) is 3.86. The number of aliphatic hydroxyl groups is 1. The van der Waals surface area contributed by atoms with Crippen molar-refractivity contribution in [2.24, 2.45) is 0 Å². The summed E-state index contributed by atoms with van der Waals surface area (Å²) in [5.41, 5.74) is 3.76. The fourth-order valence-electron chi connectivity index (χ4n) is 2.72. The van der Waals surface area contributed by atoms with Crippen LogP contribution in [0.5, 0.6) is 5.75 Å². The van der Waals surface area contributed by atoms with Gasteiger partial charge in [0.2, 0.25) is 0 Å². The molecule has 1 N–H and O–H groups in total. The van der Waals surface area contributed by atoms with Crippen LogP contribution in [0.1, 0.15) is 23.1 Å². The highest BCUT2D eigenvalue weighted by atomic mass is 79.9. The monoisotopic (exact) mass is 346 g/mol. The molecule has 2 aromatic rings. The van der Waals surface area contributed by atoms with Gasteiger partial charge in [-0.2, -0.15) is 0 Å². The number of benzene rings is 2. The van der Waals surface area contributed by atoms with Gasteiger partial charge in [0.25, 0.3) is 0 Å². The van der Waals surface area contributed by atoms with Crippen LogP contribution in [0.25, 0.3) is 0 Å². The minimum Gasteiger partial charge on any atom is -0.493 e. The first-order valence-corrected chi connectivity index (χ1v) is 8.17. The molecule has 21 heavy (non-hydrogen) atoms. The van der Waals surface area contributed by atoms with Gasteiger partial charge in [-0.3, -0.25) is 0 Å². The number of fused-ring (bicyclic) bond motifs is 1. The van der Waals surface area contributed by atoms with E-state index in [0.29, 0.717) is 6.42 Å². The Morgan fingerprint density at radius 1 is 1.10 bits per heavy atom. The minimum absolute atomic E-state index is 0.296. The summed E-state index contributed by atoms with van der Waals surface area (Å²) in [6.45, 7) is 0.797. The highest BCUT2D eigenvalue weighted by Crippen LogP contribution is 2.26. The van der Waals surface area contributed by atoms with Crippen LogP contribution in [0.15, 0.2) is 46.9 Å². The zero-order valence-electron chi connectivity index (χ0n) is 11.9. The van der Waals surface area contributed by atoms with Crippen molar-refractivity contribution in [2.75, 3.05) is 6.61 Å². The summed E-state index contributed by atoms with van der Waals surface area (Å²) >= 11 is 3.42. The minimum atomic E-state index is -0.296. The summed E-state index contributed by atoms with van der Waals surface area (Å²) in [5, 5.41) is 10.2. The molecule has 0 saturated carbocycles. The van der Waals surface area contributed by atoms with Crippen molar-refractivity contribution in [3.63, 3.8) is 0 Å². The van der Waals surface area contributed by atoms with Crippen LogP contribution in [0.4, 0.5) is 0 Å². The van der Waals surface area contributed by atoms with E-state index < -0.39 is 0 Å². The van der Waals surface area contributed by atoms with Crippen LogP contribution in [0.3, 0.4) is 0 Å². The van der Waals surface area contributed by atoms with E-state index in [1.165, 1.54) is 16.7 Å². The molecule has 1 heterocycles. The molecule has 1 unspecified atom stereocenters. The average molecular weight is 347 g/mol. The first kappa shape index (κ1) is 14.6. The van der Waals surface area contributed by atoms with Gasteiger partial charge in [-0.05, 0) is 54.2 Å². The van der Waals surface area contributed by atoms with Crippen LogP contribution in [0.2, 0.25) is 0 Å². The quantitative estimate of drug-likeness (QED) is 0.888. The van der Waals surface area contributed by atoms with Crippen molar-refractivity contribution in [1.29, 1.82) is 0 Å². The van der Waals surface area contributed by atoms with Gasteiger partial charge < -0.3 is 9.84 Å². The van der Waals surface area contributed by atoms with Gasteiger partial charge in [0, 0.05) is 10.9 Å². The Kier molecular flexibility index (Phi) is 4.61. The molecule has 0 radical (unpaired) electrons. The smallest absolute Gasteiger partial charge is 0.122 e. The zero-order valence-corrected chi connectivity index (χ0v) is 13.5. The number of aryl methyl sites for hydroxylation is 1. The maximum atomic E-state index is 10.2. The molecule has 110 valence electrons. The second-order valence-corrected chi connectivity index (χ2v) is 6.48. The van der Waals surface area contributed by atoms with Gasteiger partial charge in [0.05, 0.1) is 12.7 Å². The predicted molar refractivity (Wildman–Crippen MR) is 87.8 cm³/mol. The van der Waals surface area contributed by atoms with E-state index in [0.717, 1.165) is 36.1 Å². The lowest BCUT2D eigenvalue weighted by molar-refractivity contribution is 0.165. The third-order valence-corrected chi connectivity index (χ3v) is 4.43. The van der Waals surface area contributed by atoms with E-state index in [2.05, 4.69) is 46.3 Å². The van der Waals surface area contributed by atoms with E-state index in [1.54, 1.807) is 0 Å². The van der Waals surface area contributed by atoms with Gasteiger partial charge in [-0.1, -0.05) is 40.2 Å². The summed E-state index contributed by atoms with van der Waals surface area (Å²) in [6.07, 6.45) is 3.11. The number of aliphatic hydroxyl groups excluding tert-OH is 1. The molecule has 3 heteroatoms. The molecule has 1 aliphatic heterocycles. The molecule has 0 aliphatic carbocycles. The lowest BCUT2D eigenvalue weighted by Gasteiger charge is -2.11. The van der Waals surface area contributed by atoms with E-state index in [4.69, 9.17) is 4.74 Å². The van der Waals surface area contributed by atoms with Crippen molar-refractivity contribution in [2.45, 2.75) is 31.8 Å². The van der Waals surface area contributed by atoms with Gasteiger partial charge in [0.1, 0.15) is 5.75 Å². The largest absolute Gasteiger partial charge is 0.493 e. The number of hydrogen-bond acceptors (Lipinski definition) is 2.